The van der Waals surface area contributed by atoms with Crippen LogP contribution in [0.5, 0.6) is 0 Å². The number of primary amides is 1. The van der Waals surface area contributed by atoms with Crippen LogP contribution in [0, 0.1) is 10.1 Å². The molecule has 0 saturated carbocycles. The lowest BCUT2D eigenvalue weighted by Crippen LogP contribution is -2.48. The Kier molecular flexibility index (Phi) is 4.58. The van der Waals surface area contributed by atoms with E-state index in [0.717, 1.165) is 11.1 Å². The summed E-state index contributed by atoms with van der Waals surface area (Å²) in [6.45, 7) is 0.834. The number of carbonyl (C=O) groups excluding carboxylic acids is 1. The molecule has 0 bridgehead atoms. The lowest BCUT2D eigenvalue weighted by molar-refractivity contribution is -0.384. The van der Waals surface area contributed by atoms with Crippen molar-refractivity contribution in [2.45, 2.75) is 25.6 Å². The number of aromatic nitrogens is 2. The van der Waals surface area contributed by atoms with E-state index in [1.165, 1.54) is 12.1 Å². The average Bonchev–Trinajstić information content (AvgIpc) is 3.16. The number of nitro groups is 1. The van der Waals surface area contributed by atoms with Gasteiger partial charge in [0, 0.05) is 24.2 Å². The van der Waals surface area contributed by atoms with Crippen LogP contribution >= 0.6 is 0 Å². The smallest absolute Gasteiger partial charge is 0.269 e. The predicted octanol–water partition coefficient (Wildman–Crippen LogP) is 2.06. The molecule has 0 fully saturated rings. The lowest BCUT2D eigenvalue weighted by Gasteiger charge is -2.33. The molecular weight excluding hydrogens is 362 g/mol. The zero-order valence-electron chi connectivity index (χ0n) is 14.8. The minimum atomic E-state index is -0.469. The van der Waals surface area contributed by atoms with Gasteiger partial charge in [0.05, 0.1) is 17.5 Å². The van der Waals surface area contributed by atoms with E-state index < -0.39 is 16.9 Å². The van der Waals surface area contributed by atoms with Crippen LogP contribution in [0.15, 0.2) is 53.1 Å². The summed E-state index contributed by atoms with van der Waals surface area (Å²) >= 11 is 0. The molecule has 1 aromatic heterocycles. The zero-order chi connectivity index (χ0) is 19.7. The quantitative estimate of drug-likeness (QED) is 0.530. The molecule has 4 rings (SSSR count). The van der Waals surface area contributed by atoms with Crippen LogP contribution in [0.1, 0.15) is 17.0 Å². The van der Waals surface area contributed by atoms with Gasteiger partial charge in [-0.1, -0.05) is 29.4 Å². The summed E-state index contributed by atoms with van der Waals surface area (Å²) in [6.07, 6.45) is 0.537. The number of hydrogen-bond donors (Lipinski definition) is 1. The van der Waals surface area contributed by atoms with Crippen molar-refractivity contribution in [2.24, 2.45) is 5.73 Å². The molecule has 0 radical (unpaired) electrons. The molecule has 1 aliphatic rings. The first-order chi connectivity index (χ1) is 13.5. The Hall–Kier alpha value is -3.59. The number of nitro benzene ring substituents is 1. The molecule has 9 heteroatoms. The molecule has 1 aliphatic heterocycles. The van der Waals surface area contributed by atoms with E-state index in [0.29, 0.717) is 30.2 Å². The molecule has 0 saturated heterocycles. The summed E-state index contributed by atoms with van der Waals surface area (Å²) in [5, 5.41) is 14.7. The highest BCUT2D eigenvalue weighted by atomic mass is 16.6. The van der Waals surface area contributed by atoms with Crippen molar-refractivity contribution in [1.29, 1.82) is 0 Å². The van der Waals surface area contributed by atoms with Crippen LogP contribution in [0.25, 0.3) is 11.4 Å². The third-order valence-electron chi connectivity index (χ3n) is 4.82. The standard InChI is InChI=1S/C19H17N5O4/c20-18(25)16-9-13-3-1-2-4-14(13)10-23(16)11-17-21-19(22-28-17)12-5-7-15(8-6-12)24(26)27/h1-8,16H,9-11H2,(H2,20,25)/t16-/m0/s1. The van der Waals surface area contributed by atoms with E-state index in [1.54, 1.807) is 12.1 Å². The van der Waals surface area contributed by atoms with Gasteiger partial charge in [0.1, 0.15) is 0 Å². The molecule has 2 N–H and O–H groups in total. The first kappa shape index (κ1) is 17.8. The zero-order valence-corrected chi connectivity index (χ0v) is 14.8. The van der Waals surface area contributed by atoms with Gasteiger partial charge >= 0.3 is 0 Å². The average molecular weight is 379 g/mol. The minimum Gasteiger partial charge on any atom is -0.368 e. The molecule has 28 heavy (non-hydrogen) atoms. The minimum absolute atomic E-state index is 0.0104. The number of benzene rings is 2. The number of hydrogen-bond acceptors (Lipinski definition) is 7. The lowest BCUT2D eigenvalue weighted by atomic mass is 9.93. The molecule has 0 unspecified atom stereocenters. The van der Waals surface area contributed by atoms with Crippen LogP contribution in [-0.2, 0) is 24.3 Å². The maximum absolute atomic E-state index is 11.9. The third-order valence-corrected chi connectivity index (χ3v) is 4.82. The Labute approximate surface area is 159 Å². The maximum atomic E-state index is 11.9. The van der Waals surface area contributed by atoms with Gasteiger partial charge in [0.2, 0.25) is 17.6 Å². The number of rotatable bonds is 5. The molecule has 1 amide bonds. The van der Waals surface area contributed by atoms with Crippen LogP contribution in [-0.4, -0.2) is 31.9 Å². The fourth-order valence-corrected chi connectivity index (χ4v) is 3.37. The molecule has 0 aliphatic carbocycles. The van der Waals surface area contributed by atoms with Crippen LogP contribution < -0.4 is 5.73 Å². The molecule has 2 heterocycles. The van der Waals surface area contributed by atoms with Gasteiger partial charge < -0.3 is 10.3 Å². The summed E-state index contributed by atoms with van der Waals surface area (Å²) in [5.74, 6) is 0.279. The summed E-state index contributed by atoms with van der Waals surface area (Å²) < 4.78 is 5.33. The Balaban J connectivity index is 1.54. The van der Waals surface area contributed by atoms with Crippen molar-refractivity contribution in [2.75, 3.05) is 0 Å². The van der Waals surface area contributed by atoms with E-state index >= 15 is 0 Å². The van der Waals surface area contributed by atoms with Gasteiger partial charge in [0.15, 0.2) is 0 Å². The molecule has 3 aromatic rings. The van der Waals surface area contributed by atoms with E-state index in [4.69, 9.17) is 10.3 Å². The summed E-state index contributed by atoms with van der Waals surface area (Å²) in [5.41, 5.74) is 8.44. The van der Waals surface area contributed by atoms with E-state index in [1.807, 2.05) is 29.2 Å². The highest BCUT2D eigenvalue weighted by molar-refractivity contribution is 5.80. The van der Waals surface area contributed by atoms with Crippen molar-refractivity contribution in [3.63, 3.8) is 0 Å². The normalized spacial score (nSPS) is 16.5. The first-order valence-electron chi connectivity index (χ1n) is 8.69. The van der Waals surface area contributed by atoms with Crippen molar-refractivity contribution in [3.8, 4) is 11.4 Å². The van der Waals surface area contributed by atoms with E-state index in [9.17, 15) is 14.9 Å². The second-order valence-corrected chi connectivity index (χ2v) is 6.61. The van der Waals surface area contributed by atoms with E-state index in [-0.39, 0.29) is 12.2 Å². The third kappa shape index (κ3) is 3.47. The monoisotopic (exact) mass is 379 g/mol. The highest BCUT2D eigenvalue weighted by Gasteiger charge is 2.31. The SMILES string of the molecule is NC(=O)[C@@H]1Cc2ccccc2CN1Cc1nc(-c2ccc([N+](=O)[O-])cc2)no1. The maximum Gasteiger partial charge on any atom is 0.269 e. The number of amides is 1. The van der Waals surface area contributed by atoms with Gasteiger partial charge in [-0.15, -0.1) is 0 Å². The van der Waals surface area contributed by atoms with Gasteiger partial charge in [-0.2, -0.15) is 4.98 Å². The van der Waals surface area contributed by atoms with Gasteiger partial charge in [0.25, 0.3) is 5.69 Å². The molecule has 142 valence electrons. The summed E-state index contributed by atoms with van der Waals surface area (Å²) in [6, 6.07) is 13.4. The second-order valence-electron chi connectivity index (χ2n) is 6.61. The van der Waals surface area contributed by atoms with Gasteiger partial charge in [-0.05, 0) is 29.7 Å². The molecule has 2 aromatic carbocycles. The molecule has 9 nitrogen and oxygen atoms in total. The van der Waals surface area contributed by atoms with Crippen LogP contribution in [0.2, 0.25) is 0 Å². The number of nitrogens with two attached hydrogens (primary N) is 1. The first-order valence-corrected chi connectivity index (χ1v) is 8.69. The number of non-ortho nitro benzene ring substituents is 1. The van der Waals surface area contributed by atoms with Gasteiger partial charge in [-0.3, -0.25) is 19.8 Å². The molecule has 0 spiro atoms. The molecule has 1 atom stereocenters. The highest BCUT2D eigenvalue weighted by Crippen LogP contribution is 2.25. The Morgan fingerprint density at radius 3 is 2.61 bits per heavy atom. The van der Waals surface area contributed by atoms with Crippen LogP contribution in [0.3, 0.4) is 0 Å². The van der Waals surface area contributed by atoms with Gasteiger partial charge in [-0.25, -0.2) is 0 Å². The number of carbonyl (C=O) groups is 1. The summed E-state index contributed by atoms with van der Waals surface area (Å²) in [7, 11) is 0. The Morgan fingerprint density at radius 1 is 1.21 bits per heavy atom. The second kappa shape index (κ2) is 7.20. The Bertz CT molecular complexity index is 1030. The summed E-state index contributed by atoms with van der Waals surface area (Å²) in [4.78, 5) is 28.5. The van der Waals surface area contributed by atoms with Crippen LogP contribution in [0.4, 0.5) is 5.69 Å². The van der Waals surface area contributed by atoms with Crippen molar-refractivity contribution in [3.05, 3.63) is 75.7 Å². The molecular formula is C19H17N5O4. The predicted molar refractivity (Wildman–Crippen MR) is 98.8 cm³/mol. The van der Waals surface area contributed by atoms with Crippen molar-refractivity contribution < 1.29 is 14.2 Å². The fraction of sp³-hybridized carbons (Fsp3) is 0.211. The number of nitrogens with zero attached hydrogens (tertiary/aromatic N) is 4. The topological polar surface area (TPSA) is 128 Å². The fourth-order valence-electron chi connectivity index (χ4n) is 3.37. The Morgan fingerprint density at radius 2 is 1.93 bits per heavy atom. The van der Waals surface area contributed by atoms with Crippen molar-refractivity contribution in [1.82, 2.24) is 15.0 Å². The van der Waals surface area contributed by atoms with Crippen molar-refractivity contribution >= 4 is 11.6 Å². The largest absolute Gasteiger partial charge is 0.368 e. The van der Waals surface area contributed by atoms with E-state index in [2.05, 4.69) is 10.1 Å². The number of fused-ring (bicyclic) bond motifs is 1.